The van der Waals surface area contributed by atoms with Crippen LogP contribution in [0.2, 0.25) is 0 Å². The van der Waals surface area contributed by atoms with E-state index in [0.717, 1.165) is 12.8 Å². The first-order valence-electron chi connectivity index (χ1n) is 20.2. The SMILES string of the molecule is CCOP(COC(=O)C1CCC(C)CC1C(=O)OCC(O)COCCCCOCC(O)COC(=O)C1CC(C)CCC1C(=O)OCP(OCC)OCC)OCC. The maximum absolute atomic E-state index is 13.0. The lowest BCUT2D eigenvalue weighted by Crippen LogP contribution is -2.38. The Bertz CT molecular complexity index is 1020. The molecule has 16 nitrogen and oxygen atoms in total. The molecule has 2 N–H and O–H groups in total. The topological polar surface area (TPSA) is 201 Å². The summed E-state index contributed by atoms with van der Waals surface area (Å²) in [4.78, 5) is 51.8. The van der Waals surface area contributed by atoms with Gasteiger partial charge in [0.05, 0.1) is 63.3 Å². The summed E-state index contributed by atoms with van der Waals surface area (Å²) in [5.74, 6) is -4.12. The molecule has 0 aromatic carbocycles. The third-order valence-electron chi connectivity index (χ3n) is 9.44. The van der Waals surface area contributed by atoms with E-state index < -0.39 is 76.5 Å². The maximum atomic E-state index is 13.0. The highest BCUT2D eigenvalue weighted by molar-refractivity contribution is 7.47. The number of aliphatic hydroxyl groups excluding tert-OH is 2. The molecule has 0 spiro atoms. The quantitative estimate of drug-likeness (QED) is 0.0414. The third-order valence-corrected chi connectivity index (χ3v) is 12.3. The molecule has 0 aliphatic heterocycles. The molecule has 18 heteroatoms. The van der Waals surface area contributed by atoms with E-state index in [1.165, 1.54) is 0 Å². The number of hydrogen-bond acceptors (Lipinski definition) is 16. The summed E-state index contributed by atoms with van der Waals surface area (Å²) in [6.07, 6.45) is 2.75. The van der Waals surface area contributed by atoms with Crippen LogP contribution >= 0.6 is 16.8 Å². The molecule has 0 amide bonds. The minimum absolute atomic E-state index is 0.00100. The van der Waals surface area contributed by atoms with E-state index in [1.807, 2.05) is 41.5 Å². The molecule has 8 unspecified atom stereocenters. The summed E-state index contributed by atoms with van der Waals surface area (Å²) in [5, 5.41) is 20.7. The van der Waals surface area contributed by atoms with E-state index >= 15 is 0 Å². The van der Waals surface area contributed by atoms with Gasteiger partial charge in [-0.05, 0) is 90.9 Å². The van der Waals surface area contributed by atoms with Gasteiger partial charge in [-0.15, -0.1) is 0 Å². The molecule has 2 aliphatic carbocycles. The predicted octanol–water partition coefficient (Wildman–Crippen LogP) is 5.48. The van der Waals surface area contributed by atoms with Gasteiger partial charge in [0, 0.05) is 13.2 Å². The highest BCUT2D eigenvalue weighted by atomic mass is 31.2. The molecule has 0 aromatic heterocycles. The van der Waals surface area contributed by atoms with Gasteiger partial charge < -0.3 is 56.7 Å². The third kappa shape index (κ3) is 19.9. The lowest BCUT2D eigenvalue weighted by Gasteiger charge is -2.32. The fourth-order valence-electron chi connectivity index (χ4n) is 6.61. The van der Waals surface area contributed by atoms with Gasteiger partial charge >= 0.3 is 23.9 Å². The van der Waals surface area contributed by atoms with Crippen LogP contribution in [0.5, 0.6) is 0 Å². The second-order valence-electron chi connectivity index (χ2n) is 14.2. The van der Waals surface area contributed by atoms with Gasteiger partial charge in [-0.3, -0.25) is 19.2 Å². The molecule has 0 heterocycles. The van der Waals surface area contributed by atoms with E-state index in [0.29, 0.717) is 78.2 Å². The van der Waals surface area contributed by atoms with Crippen molar-refractivity contribution in [3.63, 3.8) is 0 Å². The molecule has 0 radical (unpaired) electrons. The van der Waals surface area contributed by atoms with Gasteiger partial charge in [-0.1, -0.05) is 13.8 Å². The van der Waals surface area contributed by atoms with Crippen LogP contribution < -0.4 is 0 Å². The normalized spacial score (nSPS) is 23.8. The highest BCUT2D eigenvalue weighted by Gasteiger charge is 2.42. The first kappa shape index (κ1) is 50.6. The first-order valence-corrected chi connectivity index (χ1v) is 22.9. The zero-order valence-corrected chi connectivity index (χ0v) is 36.1. The summed E-state index contributed by atoms with van der Waals surface area (Å²) in [6.45, 7) is 13.2. The number of aliphatic hydroxyl groups is 2. The molecular formula is C38H68O16P2. The Balaban J connectivity index is 1.61. The molecule has 2 saturated carbocycles. The van der Waals surface area contributed by atoms with Gasteiger partial charge in [-0.25, -0.2) is 0 Å². The van der Waals surface area contributed by atoms with Crippen LogP contribution in [0.1, 0.15) is 92.9 Å². The molecule has 2 rings (SSSR count). The van der Waals surface area contributed by atoms with Crippen LogP contribution in [0, 0.1) is 35.5 Å². The molecule has 8 atom stereocenters. The van der Waals surface area contributed by atoms with Gasteiger partial charge in [0.15, 0.2) is 12.7 Å². The molecule has 0 bridgehead atoms. The molecule has 56 heavy (non-hydrogen) atoms. The van der Waals surface area contributed by atoms with Crippen LogP contribution in [-0.2, 0) is 65.7 Å². The second-order valence-corrected chi connectivity index (χ2v) is 17.1. The van der Waals surface area contributed by atoms with Crippen molar-refractivity contribution in [2.24, 2.45) is 35.5 Å². The van der Waals surface area contributed by atoms with Crippen molar-refractivity contribution in [2.75, 3.05) is 78.8 Å². The van der Waals surface area contributed by atoms with Crippen LogP contribution in [0.3, 0.4) is 0 Å². The molecule has 0 aromatic rings. The number of ether oxygens (including phenoxy) is 6. The fraction of sp³-hybridized carbons (Fsp3) is 0.895. The van der Waals surface area contributed by atoms with Crippen molar-refractivity contribution in [3.05, 3.63) is 0 Å². The summed E-state index contributed by atoms with van der Waals surface area (Å²) < 4.78 is 54.8. The van der Waals surface area contributed by atoms with Crippen molar-refractivity contribution in [2.45, 2.75) is 105 Å². The summed E-state index contributed by atoms with van der Waals surface area (Å²) in [5.41, 5.74) is 0. The van der Waals surface area contributed by atoms with Crippen LogP contribution in [-0.4, -0.2) is 125 Å². The number of unbranched alkanes of at least 4 members (excludes halogenated alkanes) is 1. The minimum atomic E-state index is -1.35. The predicted molar refractivity (Wildman–Crippen MR) is 207 cm³/mol. The average molecular weight is 843 g/mol. The maximum Gasteiger partial charge on any atom is 0.310 e. The summed E-state index contributed by atoms with van der Waals surface area (Å²) in [6, 6.07) is 0. The van der Waals surface area contributed by atoms with E-state index in [4.69, 9.17) is 46.5 Å². The van der Waals surface area contributed by atoms with Crippen LogP contribution in [0.4, 0.5) is 0 Å². The van der Waals surface area contributed by atoms with Gasteiger partial charge in [-0.2, -0.15) is 0 Å². The number of hydrogen-bond donors (Lipinski definition) is 2. The lowest BCUT2D eigenvalue weighted by atomic mass is 9.74. The Morgan fingerprint density at radius 3 is 1.20 bits per heavy atom. The number of carbonyl (C=O) groups is 4. The van der Waals surface area contributed by atoms with Crippen molar-refractivity contribution in [3.8, 4) is 0 Å². The Morgan fingerprint density at radius 2 is 0.857 bits per heavy atom. The summed E-state index contributed by atoms with van der Waals surface area (Å²) in [7, 11) is -2.70. The largest absolute Gasteiger partial charge is 0.463 e. The van der Waals surface area contributed by atoms with E-state index in [9.17, 15) is 29.4 Å². The Kier molecular flexibility index (Phi) is 26.7. The Labute approximate surface area is 335 Å². The molecule has 2 fully saturated rings. The Hall–Kier alpha value is -1.58. The first-order chi connectivity index (χ1) is 26.9. The summed E-state index contributed by atoms with van der Waals surface area (Å²) >= 11 is 0. The van der Waals surface area contributed by atoms with Gasteiger partial charge in [0.1, 0.15) is 25.4 Å². The minimum Gasteiger partial charge on any atom is -0.463 e. The standard InChI is InChI=1S/C38H68O16P2/c1-7-51-55(52-8-2)25-49-35(41)31-15-13-27(5)19-33(31)37(43)47-23-29(39)21-45-17-11-12-18-46-22-30(40)24-48-38(44)34-20-28(6)14-16-32(34)36(42)50-26-56(53-9-3)54-10-4/h27-34,39-40H,7-26H2,1-6H3. The van der Waals surface area contributed by atoms with E-state index in [2.05, 4.69) is 0 Å². The molecular weight excluding hydrogens is 774 g/mol. The molecule has 326 valence electrons. The Morgan fingerprint density at radius 1 is 0.518 bits per heavy atom. The fourth-order valence-corrected chi connectivity index (χ4v) is 8.67. The van der Waals surface area contributed by atoms with Crippen molar-refractivity contribution >= 4 is 40.6 Å². The second kappa shape index (κ2) is 29.6. The monoisotopic (exact) mass is 842 g/mol. The highest BCUT2D eigenvalue weighted by Crippen LogP contribution is 2.41. The molecule has 2 aliphatic rings. The van der Waals surface area contributed by atoms with E-state index in [-0.39, 0.29) is 51.0 Å². The smallest absolute Gasteiger partial charge is 0.310 e. The van der Waals surface area contributed by atoms with E-state index in [1.54, 1.807) is 0 Å². The number of rotatable bonds is 29. The molecule has 0 saturated heterocycles. The van der Waals surface area contributed by atoms with Crippen molar-refractivity contribution in [1.82, 2.24) is 0 Å². The number of carbonyl (C=O) groups excluding carboxylic acids is 4. The zero-order valence-electron chi connectivity index (χ0n) is 34.3. The van der Waals surface area contributed by atoms with Gasteiger partial charge in [0.25, 0.3) is 0 Å². The van der Waals surface area contributed by atoms with Gasteiger partial charge in [0.2, 0.25) is 16.8 Å². The lowest BCUT2D eigenvalue weighted by molar-refractivity contribution is -0.165. The number of esters is 4. The van der Waals surface area contributed by atoms with Crippen molar-refractivity contribution in [1.29, 1.82) is 0 Å². The zero-order chi connectivity index (χ0) is 41.3. The average Bonchev–Trinajstić information content (AvgIpc) is 3.18. The van der Waals surface area contributed by atoms with Crippen molar-refractivity contribution < 1.29 is 75.9 Å². The van der Waals surface area contributed by atoms with Crippen LogP contribution in [0.25, 0.3) is 0 Å². The van der Waals surface area contributed by atoms with Crippen LogP contribution in [0.15, 0.2) is 0 Å².